The van der Waals surface area contributed by atoms with Crippen LogP contribution in [0.2, 0.25) is 0 Å². The van der Waals surface area contributed by atoms with Gasteiger partial charge in [0.05, 0.1) is 0 Å². The van der Waals surface area contributed by atoms with Gasteiger partial charge in [-0.3, -0.25) is 0 Å². The summed E-state index contributed by atoms with van der Waals surface area (Å²) in [5.74, 6) is 0. The van der Waals surface area contributed by atoms with Crippen molar-refractivity contribution in [3.8, 4) is 0 Å². The number of benzene rings is 3. The summed E-state index contributed by atoms with van der Waals surface area (Å²) in [7, 11) is 2.20. The third kappa shape index (κ3) is 1.69. The smallest absolute Gasteiger partial charge is 0.0402 e. The molecule has 3 aromatic rings. The van der Waals surface area contributed by atoms with Gasteiger partial charge in [0.2, 0.25) is 0 Å². The maximum absolute atomic E-state index is 2.38. The fourth-order valence-electron chi connectivity index (χ4n) is 3.21. The molecule has 0 spiro atoms. The van der Waals surface area contributed by atoms with Crippen LogP contribution in [0, 0.1) is 0 Å². The van der Waals surface area contributed by atoms with E-state index in [4.69, 9.17) is 0 Å². The molecule has 0 aromatic heterocycles. The van der Waals surface area contributed by atoms with E-state index >= 15 is 0 Å². The molecule has 1 aliphatic heterocycles. The second-order valence-corrected chi connectivity index (χ2v) is 5.55. The Morgan fingerprint density at radius 2 is 1.53 bits per heavy atom. The van der Waals surface area contributed by atoms with Crippen molar-refractivity contribution < 1.29 is 0 Å². The number of rotatable bonds is 0. The number of anilines is 1. The van der Waals surface area contributed by atoms with Gasteiger partial charge in [0.25, 0.3) is 0 Å². The zero-order chi connectivity index (χ0) is 12.8. The highest BCUT2D eigenvalue weighted by molar-refractivity contribution is 6.00. The minimum atomic E-state index is 1.17. The van der Waals surface area contributed by atoms with Crippen LogP contribution in [0.5, 0.6) is 0 Å². The molecule has 0 saturated heterocycles. The average molecular weight is 247 g/mol. The number of hydrogen-bond donors (Lipinski definition) is 0. The van der Waals surface area contributed by atoms with Crippen molar-refractivity contribution in [2.75, 3.05) is 18.5 Å². The molecular formula is C18H17N. The third-order valence-electron chi connectivity index (χ3n) is 4.25. The van der Waals surface area contributed by atoms with Crippen molar-refractivity contribution in [2.24, 2.45) is 0 Å². The second kappa shape index (κ2) is 3.99. The van der Waals surface area contributed by atoms with Crippen LogP contribution in [0.25, 0.3) is 21.5 Å². The normalized spacial score (nSPS) is 14.9. The first-order chi connectivity index (χ1) is 9.31. The van der Waals surface area contributed by atoms with Crippen LogP contribution >= 0.6 is 0 Å². The van der Waals surface area contributed by atoms with Crippen molar-refractivity contribution in [2.45, 2.75) is 12.8 Å². The lowest BCUT2D eigenvalue weighted by molar-refractivity contribution is 0.746. The highest BCUT2D eigenvalue weighted by Gasteiger charge is 2.14. The molecule has 0 unspecified atom stereocenters. The minimum Gasteiger partial charge on any atom is -0.374 e. The molecule has 4 rings (SSSR count). The molecule has 0 radical (unpaired) electrons. The Kier molecular flexibility index (Phi) is 2.28. The lowest BCUT2D eigenvalue weighted by Crippen LogP contribution is -2.24. The van der Waals surface area contributed by atoms with Crippen LogP contribution in [0.15, 0.2) is 48.5 Å². The molecule has 0 fully saturated rings. The van der Waals surface area contributed by atoms with Crippen LogP contribution in [-0.2, 0) is 6.42 Å². The van der Waals surface area contributed by atoms with Gasteiger partial charge in [-0.05, 0) is 64.2 Å². The van der Waals surface area contributed by atoms with Crippen LogP contribution in [0.3, 0.4) is 0 Å². The Morgan fingerprint density at radius 3 is 2.26 bits per heavy atom. The second-order valence-electron chi connectivity index (χ2n) is 5.55. The van der Waals surface area contributed by atoms with E-state index in [1.165, 1.54) is 52.2 Å². The Labute approximate surface area is 113 Å². The summed E-state index contributed by atoms with van der Waals surface area (Å²) in [6.07, 6.45) is 2.48. The van der Waals surface area contributed by atoms with E-state index in [-0.39, 0.29) is 0 Å². The molecule has 3 aromatic carbocycles. The standard InChI is InChI=1S/C18H17N/c1-19-8-4-7-15-11-16-9-13-5-2-3-6-14(13)10-17(16)12-18(15)19/h2-3,5-6,9-12H,4,7-8H2,1H3. The maximum Gasteiger partial charge on any atom is 0.0402 e. The van der Waals surface area contributed by atoms with Crippen LogP contribution < -0.4 is 4.90 Å². The van der Waals surface area contributed by atoms with Gasteiger partial charge in [0.15, 0.2) is 0 Å². The highest BCUT2D eigenvalue weighted by Crippen LogP contribution is 2.32. The molecule has 19 heavy (non-hydrogen) atoms. The van der Waals surface area contributed by atoms with Gasteiger partial charge in [-0.2, -0.15) is 0 Å². The summed E-state index contributed by atoms with van der Waals surface area (Å²) in [6.45, 7) is 1.17. The van der Waals surface area contributed by atoms with Gasteiger partial charge in [-0.25, -0.2) is 0 Å². The van der Waals surface area contributed by atoms with E-state index in [0.717, 1.165) is 0 Å². The monoisotopic (exact) mass is 247 g/mol. The molecule has 0 N–H and O–H groups in total. The molecule has 0 bridgehead atoms. The third-order valence-corrected chi connectivity index (χ3v) is 4.25. The summed E-state index contributed by atoms with van der Waals surface area (Å²) < 4.78 is 0. The zero-order valence-corrected chi connectivity index (χ0v) is 11.2. The summed E-state index contributed by atoms with van der Waals surface area (Å²) >= 11 is 0. The van der Waals surface area contributed by atoms with Crippen molar-refractivity contribution >= 4 is 27.2 Å². The first-order valence-electron chi connectivity index (χ1n) is 6.98. The predicted octanol–water partition coefficient (Wildman–Crippen LogP) is 4.38. The summed E-state index contributed by atoms with van der Waals surface area (Å²) in [4.78, 5) is 2.38. The molecule has 0 saturated carbocycles. The molecule has 1 aliphatic rings. The van der Waals surface area contributed by atoms with Gasteiger partial charge in [-0.15, -0.1) is 0 Å². The number of hydrogen-bond acceptors (Lipinski definition) is 1. The number of fused-ring (bicyclic) bond motifs is 3. The van der Waals surface area contributed by atoms with Crippen molar-refractivity contribution in [3.63, 3.8) is 0 Å². The molecule has 0 aliphatic carbocycles. The van der Waals surface area contributed by atoms with E-state index in [9.17, 15) is 0 Å². The zero-order valence-electron chi connectivity index (χ0n) is 11.2. The van der Waals surface area contributed by atoms with Crippen LogP contribution in [-0.4, -0.2) is 13.6 Å². The Hall–Kier alpha value is -2.02. The average Bonchev–Trinajstić information content (AvgIpc) is 2.44. The lowest BCUT2D eigenvalue weighted by Gasteiger charge is -2.28. The summed E-state index contributed by atoms with van der Waals surface area (Å²) in [5.41, 5.74) is 2.91. The van der Waals surface area contributed by atoms with Crippen molar-refractivity contribution in [1.82, 2.24) is 0 Å². The van der Waals surface area contributed by atoms with Gasteiger partial charge in [0.1, 0.15) is 0 Å². The quantitative estimate of drug-likeness (QED) is 0.533. The van der Waals surface area contributed by atoms with Crippen LogP contribution in [0.4, 0.5) is 5.69 Å². The first kappa shape index (κ1) is 10.9. The maximum atomic E-state index is 2.38. The molecule has 1 nitrogen and oxygen atoms in total. The number of aryl methyl sites for hydroxylation is 1. The topological polar surface area (TPSA) is 3.24 Å². The Morgan fingerprint density at radius 1 is 0.842 bits per heavy atom. The van der Waals surface area contributed by atoms with E-state index in [1.54, 1.807) is 0 Å². The van der Waals surface area contributed by atoms with Gasteiger partial charge in [0, 0.05) is 19.3 Å². The highest BCUT2D eigenvalue weighted by atomic mass is 15.1. The Balaban J connectivity index is 2.04. The summed E-state index contributed by atoms with van der Waals surface area (Å²) in [5, 5.41) is 5.38. The SMILES string of the molecule is CN1CCCc2cc3cc4ccccc4cc3cc21. The molecule has 94 valence electrons. The van der Waals surface area contributed by atoms with E-state index in [1.807, 2.05) is 0 Å². The van der Waals surface area contributed by atoms with Crippen molar-refractivity contribution in [3.05, 3.63) is 54.1 Å². The lowest BCUT2D eigenvalue weighted by atomic mass is 9.96. The van der Waals surface area contributed by atoms with E-state index in [0.29, 0.717) is 0 Å². The molecule has 0 atom stereocenters. The summed E-state index contributed by atoms with van der Waals surface area (Å²) in [6, 6.07) is 18.0. The van der Waals surface area contributed by atoms with E-state index < -0.39 is 0 Å². The first-order valence-corrected chi connectivity index (χ1v) is 6.98. The minimum absolute atomic E-state index is 1.17. The molecular weight excluding hydrogens is 230 g/mol. The van der Waals surface area contributed by atoms with Crippen LogP contribution in [0.1, 0.15) is 12.0 Å². The largest absolute Gasteiger partial charge is 0.374 e. The van der Waals surface area contributed by atoms with Gasteiger partial charge < -0.3 is 4.90 Å². The molecule has 1 heterocycles. The molecule has 0 amide bonds. The predicted molar refractivity (Wildman–Crippen MR) is 83.0 cm³/mol. The molecule has 1 heteroatoms. The van der Waals surface area contributed by atoms with E-state index in [2.05, 4.69) is 60.5 Å². The Bertz CT molecular complexity index is 773. The fraction of sp³-hybridized carbons (Fsp3) is 0.222. The fourth-order valence-corrected chi connectivity index (χ4v) is 3.21. The number of nitrogens with zero attached hydrogens (tertiary/aromatic N) is 1. The van der Waals surface area contributed by atoms with Crippen molar-refractivity contribution in [1.29, 1.82) is 0 Å². The van der Waals surface area contributed by atoms with Gasteiger partial charge >= 0.3 is 0 Å². The van der Waals surface area contributed by atoms with Gasteiger partial charge in [-0.1, -0.05) is 24.3 Å².